The number of alkyl halides is 3. The Balaban J connectivity index is 1.35. The van der Waals surface area contributed by atoms with E-state index in [0.29, 0.717) is 42.0 Å². The fourth-order valence-corrected chi connectivity index (χ4v) is 4.14. The molecule has 0 radical (unpaired) electrons. The highest BCUT2D eigenvalue weighted by atomic mass is 19.4. The Morgan fingerprint density at radius 1 is 1.13 bits per heavy atom. The van der Waals surface area contributed by atoms with Gasteiger partial charge in [0.25, 0.3) is 5.56 Å². The molecule has 0 unspecified atom stereocenters. The molecule has 160 valence electrons. The normalized spacial score (nSPS) is 16.6. The molecule has 5 nitrogen and oxygen atoms in total. The summed E-state index contributed by atoms with van der Waals surface area (Å²) in [5.41, 5.74) is 0.956. The van der Waals surface area contributed by atoms with Gasteiger partial charge in [-0.3, -0.25) is 9.59 Å². The second-order valence-corrected chi connectivity index (χ2v) is 8.00. The van der Waals surface area contributed by atoms with Crippen molar-refractivity contribution in [3.63, 3.8) is 0 Å². The first-order chi connectivity index (χ1) is 14.1. The number of amides is 1. The van der Waals surface area contributed by atoms with Crippen molar-refractivity contribution in [3.8, 4) is 0 Å². The predicted molar refractivity (Wildman–Crippen MR) is 102 cm³/mol. The molecule has 30 heavy (non-hydrogen) atoms. The van der Waals surface area contributed by atoms with Crippen LogP contribution in [-0.2, 0) is 31.1 Å². The van der Waals surface area contributed by atoms with Crippen molar-refractivity contribution in [1.82, 2.24) is 9.47 Å². The van der Waals surface area contributed by atoms with E-state index in [-0.39, 0.29) is 24.9 Å². The lowest BCUT2D eigenvalue weighted by Gasteiger charge is -2.41. The number of benzene rings is 1. The highest BCUT2D eigenvalue weighted by Crippen LogP contribution is 2.33. The van der Waals surface area contributed by atoms with Crippen molar-refractivity contribution in [1.29, 1.82) is 0 Å². The number of nitrogens with zero attached hydrogens (tertiary/aromatic N) is 3. The van der Waals surface area contributed by atoms with Gasteiger partial charge in [-0.05, 0) is 42.3 Å². The SMILES string of the molecule is Cc1c2c(n(C)c(=O)c1F)CN(C(=O)CC1CN(c3ccc(C(F)(F)F)cc3)C1)C2. The molecule has 1 saturated heterocycles. The van der Waals surface area contributed by atoms with E-state index in [9.17, 15) is 27.2 Å². The largest absolute Gasteiger partial charge is 0.416 e. The molecule has 0 atom stereocenters. The lowest BCUT2D eigenvalue weighted by Crippen LogP contribution is -2.48. The van der Waals surface area contributed by atoms with Crippen LogP contribution in [0.1, 0.15) is 28.8 Å². The van der Waals surface area contributed by atoms with E-state index in [4.69, 9.17) is 0 Å². The van der Waals surface area contributed by atoms with Crippen LogP contribution >= 0.6 is 0 Å². The molecule has 2 aliphatic heterocycles. The van der Waals surface area contributed by atoms with E-state index in [0.717, 1.165) is 12.1 Å². The molecular weight excluding hydrogens is 402 g/mol. The minimum atomic E-state index is -4.36. The minimum absolute atomic E-state index is 0.0736. The molecule has 0 spiro atoms. The number of anilines is 1. The van der Waals surface area contributed by atoms with Crippen LogP contribution in [0.5, 0.6) is 0 Å². The zero-order valence-electron chi connectivity index (χ0n) is 16.6. The Bertz CT molecular complexity index is 1050. The quantitative estimate of drug-likeness (QED) is 0.713. The molecule has 1 fully saturated rings. The maximum absolute atomic E-state index is 14.0. The lowest BCUT2D eigenvalue weighted by molar-refractivity contribution is -0.137. The lowest BCUT2D eigenvalue weighted by atomic mass is 9.94. The van der Waals surface area contributed by atoms with Gasteiger partial charge in [0.15, 0.2) is 5.82 Å². The molecular formula is C21H21F4N3O2. The van der Waals surface area contributed by atoms with Crippen LogP contribution in [0.25, 0.3) is 0 Å². The highest BCUT2D eigenvalue weighted by molar-refractivity contribution is 5.77. The number of carbonyl (C=O) groups is 1. The van der Waals surface area contributed by atoms with Gasteiger partial charge in [0.05, 0.1) is 12.1 Å². The molecule has 0 aliphatic carbocycles. The number of pyridine rings is 1. The minimum Gasteiger partial charge on any atom is -0.371 e. The molecule has 2 aromatic rings. The maximum Gasteiger partial charge on any atom is 0.416 e. The summed E-state index contributed by atoms with van der Waals surface area (Å²) in [7, 11) is 1.51. The number of aromatic nitrogens is 1. The van der Waals surface area contributed by atoms with Crippen LogP contribution < -0.4 is 10.5 Å². The second kappa shape index (κ2) is 7.14. The Morgan fingerprint density at radius 2 is 1.77 bits per heavy atom. The summed E-state index contributed by atoms with van der Waals surface area (Å²) >= 11 is 0. The fourth-order valence-electron chi connectivity index (χ4n) is 4.14. The highest BCUT2D eigenvalue weighted by Gasteiger charge is 2.35. The first kappa shape index (κ1) is 20.4. The van der Waals surface area contributed by atoms with Gasteiger partial charge in [-0.1, -0.05) is 0 Å². The summed E-state index contributed by atoms with van der Waals surface area (Å²) in [5, 5.41) is 0. The first-order valence-electron chi connectivity index (χ1n) is 9.63. The summed E-state index contributed by atoms with van der Waals surface area (Å²) in [5.74, 6) is -0.752. The van der Waals surface area contributed by atoms with Crippen LogP contribution in [0.15, 0.2) is 29.1 Å². The van der Waals surface area contributed by atoms with Crippen LogP contribution in [0.4, 0.5) is 23.2 Å². The Labute approximate surface area is 170 Å². The smallest absolute Gasteiger partial charge is 0.371 e. The molecule has 3 heterocycles. The Kier molecular flexibility index (Phi) is 4.86. The molecule has 9 heteroatoms. The van der Waals surface area contributed by atoms with Gasteiger partial charge in [0.2, 0.25) is 5.91 Å². The van der Waals surface area contributed by atoms with E-state index >= 15 is 0 Å². The third-order valence-corrected chi connectivity index (χ3v) is 6.05. The van der Waals surface area contributed by atoms with Crippen molar-refractivity contribution in [2.45, 2.75) is 32.6 Å². The summed E-state index contributed by atoms with van der Waals surface area (Å²) in [6.45, 7) is 3.28. The number of hydrogen-bond acceptors (Lipinski definition) is 3. The molecule has 4 rings (SSSR count). The molecule has 1 aromatic carbocycles. The topological polar surface area (TPSA) is 45.6 Å². The first-order valence-corrected chi connectivity index (χ1v) is 9.63. The molecule has 1 aromatic heterocycles. The number of carbonyl (C=O) groups excluding carboxylic acids is 1. The van der Waals surface area contributed by atoms with E-state index in [1.165, 1.54) is 23.7 Å². The molecule has 2 aliphatic rings. The predicted octanol–water partition coefficient (Wildman–Crippen LogP) is 3.22. The average molecular weight is 423 g/mol. The number of hydrogen-bond donors (Lipinski definition) is 0. The van der Waals surface area contributed by atoms with Crippen LogP contribution in [0.2, 0.25) is 0 Å². The van der Waals surface area contributed by atoms with Gasteiger partial charge >= 0.3 is 6.18 Å². The Hall–Kier alpha value is -2.84. The van der Waals surface area contributed by atoms with Crippen molar-refractivity contribution >= 4 is 11.6 Å². The molecule has 0 bridgehead atoms. The van der Waals surface area contributed by atoms with Crippen LogP contribution in [0, 0.1) is 18.7 Å². The van der Waals surface area contributed by atoms with Gasteiger partial charge in [-0.2, -0.15) is 13.2 Å². The standard InChI is InChI=1S/C21H21F4N3O2/c1-12-16-10-28(11-17(16)26(2)20(30)19(12)22)18(29)7-13-8-27(9-13)15-5-3-14(4-6-15)21(23,24)25/h3-6,13H,7-11H2,1-2H3. The summed E-state index contributed by atoms with van der Waals surface area (Å²) in [4.78, 5) is 28.2. The van der Waals surface area contributed by atoms with Crippen molar-refractivity contribution < 1.29 is 22.4 Å². The second-order valence-electron chi connectivity index (χ2n) is 8.00. The van der Waals surface area contributed by atoms with E-state index in [2.05, 4.69) is 0 Å². The van der Waals surface area contributed by atoms with Crippen LogP contribution in [0.3, 0.4) is 0 Å². The monoisotopic (exact) mass is 423 g/mol. The van der Waals surface area contributed by atoms with Crippen molar-refractivity contribution in [2.75, 3.05) is 18.0 Å². The van der Waals surface area contributed by atoms with Gasteiger partial charge in [-0.25, -0.2) is 4.39 Å². The third-order valence-electron chi connectivity index (χ3n) is 6.05. The van der Waals surface area contributed by atoms with Gasteiger partial charge in [-0.15, -0.1) is 0 Å². The zero-order chi connectivity index (χ0) is 21.8. The van der Waals surface area contributed by atoms with Gasteiger partial charge < -0.3 is 14.4 Å². The summed E-state index contributed by atoms with van der Waals surface area (Å²) in [6, 6.07) is 4.99. The van der Waals surface area contributed by atoms with E-state index in [1.54, 1.807) is 11.8 Å². The molecule has 0 N–H and O–H groups in total. The summed E-state index contributed by atoms with van der Waals surface area (Å²) in [6.07, 6.45) is -4.05. The Morgan fingerprint density at radius 3 is 2.37 bits per heavy atom. The maximum atomic E-state index is 14.0. The average Bonchev–Trinajstić information content (AvgIpc) is 3.12. The van der Waals surface area contributed by atoms with E-state index in [1.807, 2.05) is 4.90 Å². The number of halogens is 4. The molecule has 1 amide bonds. The van der Waals surface area contributed by atoms with Gasteiger partial charge in [0, 0.05) is 50.4 Å². The number of rotatable bonds is 3. The number of fused-ring (bicyclic) bond motifs is 1. The summed E-state index contributed by atoms with van der Waals surface area (Å²) < 4.78 is 53.3. The van der Waals surface area contributed by atoms with Gasteiger partial charge in [0.1, 0.15) is 0 Å². The van der Waals surface area contributed by atoms with Crippen molar-refractivity contribution in [3.05, 3.63) is 62.8 Å². The van der Waals surface area contributed by atoms with Crippen molar-refractivity contribution in [2.24, 2.45) is 13.0 Å². The molecule has 0 saturated carbocycles. The van der Waals surface area contributed by atoms with E-state index < -0.39 is 23.1 Å². The zero-order valence-corrected chi connectivity index (χ0v) is 16.6. The van der Waals surface area contributed by atoms with Crippen LogP contribution in [-0.4, -0.2) is 28.5 Å². The fraction of sp³-hybridized carbons (Fsp3) is 0.429. The third kappa shape index (κ3) is 3.46.